The Bertz CT molecular complexity index is 646. The molecule has 0 unspecified atom stereocenters. The fourth-order valence-electron chi connectivity index (χ4n) is 1.67. The molecule has 0 saturated heterocycles. The number of hydrogen-bond donors (Lipinski definition) is 1. The number of carbonyl (C=O) groups is 1. The second-order valence-corrected chi connectivity index (χ2v) is 4.17. The third-order valence-electron chi connectivity index (χ3n) is 2.65. The maximum atomic E-state index is 12.1. The van der Waals surface area contributed by atoms with E-state index in [1.54, 1.807) is 12.3 Å². The number of aryl methyl sites for hydroxylation is 1. The van der Waals surface area contributed by atoms with E-state index in [9.17, 15) is 9.59 Å². The second kappa shape index (κ2) is 5.00. The summed E-state index contributed by atoms with van der Waals surface area (Å²) in [5.74, 6) is -0.371. The van der Waals surface area contributed by atoms with E-state index in [2.05, 4.69) is 10.3 Å². The Morgan fingerprint density at radius 2 is 2.28 bits per heavy atom. The van der Waals surface area contributed by atoms with Crippen LogP contribution in [0.1, 0.15) is 29.3 Å². The quantitative estimate of drug-likeness (QED) is 0.882. The molecule has 2 aromatic heterocycles. The lowest BCUT2D eigenvalue weighted by Crippen LogP contribution is -2.32. The van der Waals surface area contributed by atoms with Crippen molar-refractivity contribution >= 4 is 11.6 Å². The van der Waals surface area contributed by atoms with Gasteiger partial charge in [-0.2, -0.15) is 0 Å². The van der Waals surface area contributed by atoms with E-state index in [1.807, 2.05) is 19.9 Å². The van der Waals surface area contributed by atoms with Crippen molar-refractivity contribution in [2.24, 2.45) is 0 Å². The predicted molar refractivity (Wildman–Crippen MR) is 68.8 cm³/mol. The fourth-order valence-corrected chi connectivity index (χ4v) is 1.67. The van der Waals surface area contributed by atoms with Crippen LogP contribution < -0.4 is 10.9 Å². The molecule has 0 spiro atoms. The van der Waals surface area contributed by atoms with Crippen molar-refractivity contribution in [3.63, 3.8) is 0 Å². The Morgan fingerprint density at radius 1 is 1.50 bits per heavy atom. The van der Waals surface area contributed by atoms with E-state index in [1.165, 1.54) is 10.6 Å². The van der Waals surface area contributed by atoms with Gasteiger partial charge in [-0.1, -0.05) is 6.92 Å². The van der Waals surface area contributed by atoms with Gasteiger partial charge >= 0.3 is 0 Å². The number of hydrogen-bond acceptors (Lipinski definition) is 3. The number of fused-ring (bicyclic) bond motifs is 1. The van der Waals surface area contributed by atoms with E-state index in [0.717, 1.165) is 12.0 Å². The molecular weight excluding hydrogens is 230 g/mol. The minimum absolute atomic E-state index is 0.0739. The average molecular weight is 245 g/mol. The number of amides is 1. The van der Waals surface area contributed by atoms with Gasteiger partial charge in [0.1, 0.15) is 11.2 Å². The molecule has 18 heavy (non-hydrogen) atoms. The SMILES string of the molecule is CCCNC(=O)c1cnc2cc(C)ccn2c1=O. The minimum atomic E-state index is -0.371. The van der Waals surface area contributed by atoms with Gasteiger partial charge in [-0.25, -0.2) is 4.98 Å². The summed E-state index contributed by atoms with van der Waals surface area (Å²) in [5, 5.41) is 2.67. The number of carbonyl (C=O) groups excluding carboxylic acids is 1. The van der Waals surface area contributed by atoms with Crippen LogP contribution in [0.15, 0.2) is 29.3 Å². The van der Waals surface area contributed by atoms with Crippen molar-refractivity contribution in [2.45, 2.75) is 20.3 Å². The highest BCUT2D eigenvalue weighted by molar-refractivity contribution is 5.93. The molecule has 0 fully saturated rings. The summed E-state index contributed by atoms with van der Waals surface area (Å²) >= 11 is 0. The lowest BCUT2D eigenvalue weighted by molar-refractivity contribution is 0.0951. The first-order valence-corrected chi connectivity index (χ1v) is 5.89. The summed E-state index contributed by atoms with van der Waals surface area (Å²) in [6.45, 7) is 4.43. The lowest BCUT2D eigenvalue weighted by atomic mass is 10.2. The highest BCUT2D eigenvalue weighted by Crippen LogP contribution is 2.02. The Kier molecular flexibility index (Phi) is 3.41. The van der Waals surface area contributed by atoms with Crippen LogP contribution in [-0.4, -0.2) is 21.8 Å². The van der Waals surface area contributed by atoms with Crippen LogP contribution in [-0.2, 0) is 0 Å². The molecule has 5 heteroatoms. The Hall–Kier alpha value is -2.17. The van der Waals surface area contributed by atoms with Crippen LogP contribution in [0, 0.1) is 6.92 Å². The summed E-state index contributed by atoms with van der Waals surface area (Å²) in [4.78, 5) is 28.0. The summed E-state index contributed by atoms with van der Waals surface area (Å²) in [6, 6.07) is 3.61. The molecule has 0 aliphatic rings. The van der Waals surface area contributed by atoms with E-state index in [0.29, 0.717) is 12.2 Å². The Labute approximate surface area is 104 Å². The van der Waals surface area contributed by atoms with Gasteiger partial charge in [-0.05, 0) is 31.0 Å². The number of pyridine rings is 1. The normalized spacial score (nSPS) is 10.6. The minimum Gasteiger partial charge on any atom is -0.352 e. The van der Waals surface area contributed by atoms with Gasteiger partial charge in [-0.3, -0.25) is 14.0 Å². The zero-order chi connectivity index (χ0) is 13.1. The molecule has 0 saturated carbocycles. The molecule has 0 radical (unpaired) electrons. The van der Waals surface area contributed by atoms with Crippen molar-refractivity contribution in [3.05, 3.63) is 46.0 Å². The van der Waals surface area contributed by atoms with Crippen LogP contribution in [0.3, 0.4) is 0 Å². The number of nitrogens with one attached hydrogen (secondary N) is 1. The third kappa shape index (κ3) is 2.25. The zero-order valence-corrected chi connectivity index (χ0v) is 10.4. The largest absolute Gasteiger partial charge is 0.352 e. The summed E-state index contributed by atoms with van der Waals surface area (Å²) in [7, 11) is 0. The summed E-state index contributed by atoms with van der Waals surface area (Å²) in [5.41, 5.74) is 1.30. The van der Waals surface area contributed by atoms with Crippen LogP contribution in [0.5, 0.6) is 0 Å². The van der Waals surface area contributed by atoms with E-state index < -0.39 is 0 Å². The zero-order valence-electron chi connectivity index (χ0n) is 10.4. The maximum Gasteiger partial charge on any atom is 0.270 e. The van der Waals surface area contributed by atoms with Gasteiger partial charge < -0.3 is 5.32 Å². The standard InChI is InChI=1S/C13H15N3O2/c1-3-5-14-12(17)10-8-15-11-7-9(2)4-6-16(11)13(10)18/h4,6-8H,3,5H2,1-2H3,(H,14,17). The van der Waals surface area contributed by atoms with Crippen LogP contribution in [0.25, 0.3) is 5.65 Å². The van der Waals surface area contributed by atoms with Crippen molar-refractivity contribution in [2.75, 3.05) is 6.54 Å². The molecule has 5 nitrogen and oxygen atoms in total. The first-order valence-electron chi connectivity index (χ1n) is 5.89. The molecule has 1 amide bonds. The Morgan fingerprint density at radius 3 is 3.00 bits per heavy atom. The topological polar surface area (TPSA) is 63.5 Å². The molecule has 0 aliphatic heterocycles. The van der Waals surface area contributed by atoms with Gasteiger partial charge in [0.25, 0.3) is 11.5 Å². The average Bonchev–Trinajstić information content (AvgIpc) is 2.36. The van der Waals surface area contributed by atoms with Gasteiger partial charge in [0.2, 0.25) is 0 Å². The maximum absolute atomic E-state index is 12.1. The molecule has 2 heterocycles. The van der Waals surface area contributed by atoms with Gasteiger partial charge in [0.05, 0.1) is 0 Å². The van der Waals surface area contributed by atoms with Gasteiger partial charge in [0.15, 0.2) is 0 Å². The monoisotopic (exact) mass is 245 g/mol. The van der Waals surface area contributed by atoms with Crippen LogP contribution in [0.4, 0.5) is 0 Å². The molecule has 0 atom stereocenters. The van der Waals surface area contributed by atoms with Crippen LogP contribution in [0.2, 0.25) is 0 Å². The summed E-state index contributed by atoms with van der Waals surface area (Å²) in [6.07, 6.45) is 3.80. The molecule has 2 aromatic rings. The lowest BCUT2D eigenvalue weighted by Gasteiger charge is -2.05. The van der Waals surface area contributed by atoms with Crippen molar-refractivity contribution < 1.29 is 4.79 Å². The highest BCUT2D eigenvalue weighted by atomic mass is 16.2. The molecule has 94 valence electrons. The summed E-state index contributed by atoms with van der Waals surface area (Å²) < 4.78 is 1.38. The van der Waals surface area contributed by atoms with Crippen molar-refractivity contribution in [1.29, 1.82) is 0 Å². The Balaban J connectivity index is 2.48. The molecular formula is C13H15N3O2. The first-order chi connectivity index (χ1) is 8.63. The number of nitrogens with zero attached hydrogens (tertiary/aromatic N) is 2. The molecule has 1 N–H and O–H groups in total. The van der Waals surface area contributed by atoms with Crippen molar-refractivity contribution in [3.8, 4) is 0 Å². The first kappa shape index (κ1) is 12.3. The van der Waals surface area contributed by atoms with E-state index >= 15 is 0 Å². The third-order valence-corrected chi connectivity index (χ3v) is 2.65. The van der Waals surface area contributed by atoms with Crippen LogP contribution >= 0.6 is 0 Å². The predicted octanol–water partition coefficient (Wildman–Crippen LogP) is 1.14. The van der Waals surface area contributed by atoms with E-state index in [4.69, 9.17) is 0 Å². The van der Waals surface area contributed by atoms with Gasteiger partial charge in [-0.15, -0.1) is 0 Å². The number of aromatic nitrogens is 2. The molecule has 0 aliphatic carbocycles. The van der Waals surface area contributed by atoms with E-state index in [-0.39, 0.29) is 17.0 Å². The number of rotatable bonds is 3. The fraction of sp³-hybridized carbons (Fsp3) is 0.308. The highest BCUT2D eigenvalue weighted by Gasteiger charge is 2.12. The molecule has 0 bridgehead atoms. The molecule has 2 rings (SSSR count). The van der Waals surface area contributed by atoms with Crippen molar-refractivity contribution in [1.82, 2.24) is 14.7 Å². The smallest absolute Gasteiger partial charge is 0.270 e. The second-order valence-electron chi connectivity index (χ2n) is 4.17. The molecule has 0 aromatic carbocycles. The van der Waals surface area contributed by atoms with Gasteiger partial charge in [0, 0.05) is 18.9 Å².